The van der Waals surface area contributed by atoms with E-state index < -0.39 is 0 Å². The maximum absolute atomic E-state index is 13.8. The molecule has 1 heterocycles. The molecule has 2 N–H and O–H groups in total. The Bertz CT molecular complexity index is 1050. The molecule has 0 amide bonds. The van der Waals surface area contributed by atoms with Crippen LogP contribution < -0.4 is 20.5 Å². The molecule has 0 fully saturated rings. The first kappa shape index (κ1) is 19.1. The van der Waals surface area contributed by atoms with Crippen molar-refractivity contribution in [3.63, 3.8) is 0 Å². The van der Waals surface area contributed by atoms with Gasteiger partial charge in [-0.3, -0.25) is 9.78 Å². The van der Waals surface area contributed by atoms with E-state index in [4.69, 9.17) is 9.47 Å². The molecular weight excluding hydrogens is 363 g/mol. The molecule has 2 aromatic carbocycles. The molecule has 144 valence electrons. The number of nitrogens with zero attached hydrogens (tertiary/aromatic N) is 2. The van der Waals surface area contributed by atoms with Crippen LogP contribution in [0, 0.1) is 12.7 Å². The van der Waals surface area contributed by atoms with Crippen LogP contribution in [-0.2, 0) is 6.61 Å². The highest BCUT2D eigenvalue weighted by molar-refractivity contribution is 5.85. The fraction of sp³-hybridized carbons (Fsp3) is 0.150. The predicted molar refractivity (Wildman–Crippen MR) is 105 cm³/mol. The number of hydrogen-bond acceptors (Lipinski definition) is 6. The van der Waals surface area contributed by atoms with Gasteiger partial charge in [-0.05, 0) is 25.1 Å². The minimum atomic E-state index is -0.344. The zero-order chi connectivity index (χ0) is 19.9. The fourth-order valence-electron chi connectivity index (χ4n) is 2.51. The van der Waals surface area contributed by atoms with Gasteiger partial charge in [0.25, 0.3) is 5.56 Å². The SMILES string of the molecule is COc1cccc(/C=N/Nc2nc(C)cc(=O)[nH]2)c1OCc1ccccc1F. The Hall–Kier alpha value is -3.68. The average molecular weight is 382 g/mol. The number of para-hydroxylation sites is 1. The molecule has 0 radical (unpaired) electrons. The summed E-state index contributed by atoms with van der Waals surface area (Å²) < 4.78 is 25.0. The van der Waals surface area contributed by atoms with Gasteiger partial charge in [0.1, 0.15) is 12.4 Å². The Morgan fingerprint density at radius 1 is 1.25 bits per heavy atom. The molecule has 3 aromatic rings. The van der Waals surface area contributed by atoms with Crippen LogP contribution in [0.5, 0.6) is 11.5 Å². The van der Waals surface area contributed by atoms with Crippen LogP contribution in [0.4, 0.5) is 10.3 Å². The first-order valence-electron chi connectivity index (χ1n) is 8.47. The summed E-state index contributed by atoms with van der Waals surface area (Å²) in [6, 6.07) is 13.1. The van der Waals surface area contributed by atoms with Gasteiger partial charge in [0, 0.05) is 22.9 Å². The number of hydrazone groups is 1. The Morgan fingerprint density at radius 3 is 2.82 bits per heavy atom. The Morgan fingerprint density at radius 2 is 2.07 bits per heavy atom. The van der Waals surface area contributed by atoms with Gasteiger partial charge in [0.05, 0.1) is 13.3 Å². The molecule has 7 nitrogen and oxygen atoms in total. The maximum atomic E-state index is 13.8. The topological polar surface area (TPSA) is 88.6 Å². The van der Waals surface area contributed by atoms with E-state index >= 15 is 0 Å². The van der Waals surface area contributed by atoms with Crippen molar-refractivity contribution in [3.05, 3.63) is 81.5 Å². The molecule has 0 aliphatic carbocycles. The van der Waals surface area contributed by atoms with E-state index in [0.29, 0.717) is 28.3 Å². The Kier molecular flexibility index (Phi) is 6.01. The lowest BCUT2D eigenvalue weighted by Crippen LogP contribution is -2.10. The number of hydrogen-bond donors (Lipinski definition) is 2. The van der Waals surface area contributed by atoms with Gasteiger partial charge in [-0.25, -0.2) is 14.8 Å². The summed E-state index contributed by atoms with van der Waals surface area (Å²) >= 11 is 0. The molecule has 0 spiro atoms. The molecule has 0 aliphatic rings. The van der Waals surface area contributed by atoms with Crippen molar-refractivity contribution < 1.29 is 13.9 Å². The van der Waals surface area contributed by atoms with Gasteiger partial charge in [-0.2, -0.15) is 5.10 Å². The zero-order valence-electron chi connectivity index (χ0n) is 15.4. The quantitative estimate of drug-likeness (QED) is 0.484. The van der Waals surface area contributed by atoms with E-state index in [0.717, 1.165) is 0 Å². The number of H-pyrrole nitrogens is 1. The molecular formula is C20H19FN4O3. The zero-order valence-corrected chi connectivity index (χ0v) is 15.4. The van der Waals surface area contributed by atoms with Gasteiger partial charge in [0.15, 0.2) is 11.5 Å². The lowest BCUT2D eigenvalue weighted by atomic mass is 10.2. The normalized spacial score (nSPS) is 10.8. The number of aromatic amines is 1. The van der Waals surface area contributed by atoms with Crippen molar-refractivity contribution in [1.82, 2.24) is 9.97 Å². The maximum Gasteiger partial charge on any atom is 0.252 e. The van der Waals surface area contributed by atoms with Crippen LogP contribution >= 0.6 is 0 Å². The second-order valence-electron chi connectivity index (χ2n) is 5.86. The first-order chi connectivity index (χ1) is 13.6. The van der Waals surface area contributed by atoms with E-state index in [1.165, 1.54) is 25.5 Å². The third-order valence-corrected chi connectivity index (χ3v) is 3.80. The number of anilines is 1. The van der Waals surface area contributed by atoms with Crippen LogP contribution in [0.15, 0.2) is 58.4 Å². The number of nitrogens with one attached hydrogen (secondary N) is 2. The largest absolute Gasteiger partial charge is 0.493 e. The van der Waals surface area contributed by atoms with E-state index in [9.17, 15) is 9.18 Å². The van der Waals surface area contributed by atoms with E-state index in [2.05, 4.69) is 20.5 Å². The minimum Gasteiger partial charge on any atom is -0.493 e. The van der Waals surface area contributed by atoms with Crippen molar-refractivity contribution in [1.29, 1.82) is 0 Å². The minimum absolute atomic E-state index is 0.0358. The van der Waals surface area contributed by atoms with Gasteiger partial charge < -0.3 is 9.47 Å². The average Bonchev–Trinajstić information content (AvgIpc) is 2.67. The highest BCUT2D eigenvalue weighted by Gasteiger charge is 2.11. The summed E-state index contributed by atoms with van der Waals surface area (Å²) in [5.41, 5.74) is 3.99. The molecule has 0 aliphatic heterocycles. The summed E-state index contributed by atoms with van der Waals surface area (Å²) in [4.78, 5) is 18.1. The van der Waals surface area contributed by atoms with Crippen molar-refractivity contribution in [3.8, 4) is 11.5 Å². The highest BCUT2D eigenvalue weighted by Crippen LogP contribution is 2.31. The van der Waals surface area contributed by atoms with Gasteiger partial charge in [0.2, 0.25) is 5.95 Å². The molecule has 0 saturated carbocycles. The monoisotopic (exact) mass is 382 g/mol. The van der Waals surface area contributed by atoms with E-state index in [1.807, 2.05) is 0 Å². The molecule has 0 unspecified atom stereocenters. The Balaban J connectivity index is 1.80. The number of aromatic nitrogens is 2. The van der Waals surface area contributed by atoms with Crippen LogP contribution in [-0.4, -0.2) is 23.3 Å². The third kappa shape index (κ3) is 4.73. The van der Waals surface area contributed by atoms with Crippen molar-refractivity contribution >= 4 is 12.2 Å². The van der Waals surface area contributed by atoms with Gasteiger partial charge >= 0.3 is 0 Å². The van der Waals surface area contributed by atoms with Crippen LogP contribution in [0.1, 0.15) is 16.8 Å². The lowest BCUT2D eigenvalue weighted by molar-refractivity contribution is 0.279. The van der Waals surface area contributed by atoms with Crippen LogP contribution in [0.25, 0.3) is 0 Å². The molecule has 0 saturated heterocycles. The molecule has 0 bridgehead atoms. The number of halogens is 1. The number of rotatable bonds is 7. The fourth-order valence-corrected chi connectivity index (χ4v) is 2.51. The number of methoxy groups -OCH3 is 1. The van der Waals surface area contributed by atoms with Crippen molar-refractivity contribution in [2.75, 3.05) is 12.5 Å². The summed E-state index contributed by atoms with van der Waals surface area (Å²) in [7, 11) is 1.52. The van der Waals surface area contributed by atoms with Crippen molar-refractivity contribution in [2.45, 2.75) is 13.5 Å². The summed E-state index contributed by atoms with van der Waals surface area (Å²) in [6.45, 7) is 1.74. The van der Waals surface area contributed by atoms with Crippen molar-refractivity contribution in [2.24, 2.45) is 5.10 Å². The van der Waals surface area contributed by atoms with Gasteiger partial charge in [-0.15, -0.1) is 0 Å². The lowest BCUT2D eigenvalue weighted by Gasteiger charge is -2.13. The summed E-state index contributed by atoms with van der Waals surface area (Å²) in [6.07, 6.45) is 1.50. The number of ether oxygens (including phenoxy) is 2. The highest BCUT2D eigenvalue weighted by atomic mass is 19.1. The first-order valence-corrected chi connectivity index (χ1v) is 8.47. The van der Waals surface area contributed by atoms with E-state index in [-0.39, 0.29) is 23.9 Å². The molecule has 3 rings (SSSR count). The second kappa shape index (κ2) is 8.81. The smallest absolute Gasteiger partial charge is 0.252 e. The summed E-state index contributed by atoms with van der Waals surface area (Å²) in [5.74, 6) is 0.786. The molecule has 28 heavy (non-hydrogen) atoms. The van der Waals surface area contributed by atoms with E-state index in [1.54, 1.807) is 43.3 Å². The molecule has 0 atom stereocenters. The van der Waals surface area contributed by atoms with Crippen LogP contribution in [0.3, 0.4) is 0 Å². The standard InChI is InChI=1S/C20H19FN4O3/c1-13-10-18(26)24-20(23-13)25-22-11-14-7-5-9-17(27-2)19(14)28-12-15-6-3-4-8-16(15)21/h3-11H,12H2,1-2H3,(H2,23,24,25,26)/b22-11+. The molecule has 1 aromatic heterocycles. The number of aryl methyl sites for hydroxylation is 1. The van der Waals surface area contributed by atoms with Crippen LogP contribution in [0.2, 0.25) is 0 Å². The predicted octanol–water partition coefficient (Wildman–Crippen LogP) is 3.25. The molecule has 8 heteroatoms. The van der Waals surface area contributed by atoms with Gasteiger partial charge in [-0.1, -0.05) is 24.3 Å². The Labute approximate surface area is 160 Å². The summed E-state index contributed by atoms with van der Waals surface area (Å²) in [5, 5.41) is 4.09. The third-order valence-electron chi connectivity index (χ3n) is 3.80. The second-order valence-corrected chi connectivity index (χ2v) is 5.86. The number of benzene rings is 2.